The van der Waals surface area contributed by atoms with E-state index in [9.17, 15) is 9.59 Å². The van der Waals surface area contributed by atoms with Gasteiger partial charge < -0.3 is 10.2 Å². The van der Waals surface area contributed by atoms with E-state index in [1.165, 1.54) is 5.56 Å². The summed E-state index contributed by atoms with van der Waals surface area (Å²) in [6.07, 6.45) is 0. The van der Waals surface area contributed by atoms with E-state index in [1.54, 1.807) is 25.7 Å². The van der Waals surface area contributed by atoms with Crippen LogP contribution in [0.3, 0.4) is 0 Å². The SMILES string of the molecule is CC(CN1C(=O)C(C)(C)NC(=O)C1C)c1ccccc1. The molecular weight excluding hydrogens is 252 g/mol. The lowest BCUT2D eigenvalue weighted by molar-refractivity contribution is -0.153. The Balaban J connectivity index is 2.18. The molecular formula is C16H22N2O2. The summed E-state index contributed by atoms with van der Waals surface area (Å²) in [5.41, 5.74) is 0.358. The molecule has 2 unspecified atom stereocenters. The van der Waals surface area contributed by atoms with Gasteiger partial charge in [0.05, 0.1) is 0 Å². The van der Waals surface area contributed by atoms with Crippen LogP contribution in [-0.2, 0) is 9.59 Å². The molecule has 2 rings (SSSR count). The topological polar surface area (TPSA) is 49.4 Å². The molecule has 0 aliphatic carbocycles. The Labute approximate surface area is 120 Å². The molecule has 0 spiro atoms. The maximum Gasteiger partial charge on any atom is 0.248 e. The Hall–Kier alpha value is -1.84. The van der Waals surface area contributed by atoms with Crippen LogP contribution in [-0.4, -0.2) is 34.8 Å². The van der Waals surface area contributed by atoms with E-state index in [0.717, 1.165) is 0 Å². The Bertz CT molecular complexity index is 510. The number of piperazine rings is 1. The van der Waals surface area contributed by atoms with Crippen LogP contribution in [0, 0.1) is 0 Å². The lowest BCUT2D eigenvalue weighted by atomic mass is 9.94. The van der Waals surface area contributed by atoms with Crippen molar-refractivity contribution in [1.82, 2.24) is 10.2 Å². The van der Waals surface area contributed by atoms with Gasteiger partial charge in [0.2, 0.25) is 11.8 Å². The fraction of sp³-hybridized carbons (Fsp3) is 0.500. The minimum absolute atomic E-state index is 0.0209. The largest absolute Gasteiger partial charge is 0.340 e. The molecule has 1 saturated heterocycles. The van der Waals surface area contributed by atoms with Gasteiger partial charge in [-0.25, -0.2) is 0 Å². The molecule has 1 heterocycles. The van der Waals surface area contributed by atoms with Gasteiger partial charge in [-0.2, -0.15) is 0 Å². The van der Waals surface area contributed by atoms with Crippen molar-refractivity contribution in [2.24, 2.45) is 0 Å². The Morgan fingerprint density at radius 2 is 1.85 bits per heavy atom. The fourth-order valence-corrected chi connectivity index (χ4v) is 2.57. The van der Waals surface area contributed by atoms with Gasteiger partial charge in [-0.15, -0.1) is 0 Å². The molecule has 20 heavy (non-hydrogen) atoms. The summed E-state index contributed by atoms with van der Waals surface area (Å²) in [5, 5.41) is 2.77. The van der Waals surface area contributed by atoms with Crippen molar-refractivity contribution in [3.05, 3.63) is 35.9 Å². The first-order valence-corrected chi connectivity index (χ1v) is 7.01. The van der Waals surface area contributed by atoms with Crippen LogP contribution >= 0.6 is 0 Å². The summed E-state index contributed by atoms with van der Waals surface area (Å²) < 4.78 is 0. The maximum atomic E-state index is 12.5. The molecule has 1 aliphatic heterocycles. The van der Waals surface area contributed by atoms with Crippen molar-refractivity contribution in [2.75, 3.05) is 6.54 Å². The van der Waals surface area contributed by atoms with E-state index < -0.39 is 11.6 Å². The molecule has 1 fully saturated rings. The monoisotopic (exact) mass is 274 g/mol. The normalized spacial score (nSPS) is 23.4. The van der Waals surface area contributed by atoms with E-state index in [-0.39, 0.29) is 17.7 Å². The van der Waals surface area contributed by atoms with Crippen molar-refractivity contribution >= 4 is 11.8 Å². The van der Waals surface area contributed by atoms with Gasteiger partial charge in [-0.1, -0.05) is 37.3 Å². The van der Waals surface area contributed by atoms with Crippen molar-refractivity contribution < 1.29 is 9.59 Å². The molecule has 1 aromatic rings. The lowest BCUT2D eigenvalue weighted by Crippen LogP contribution is -2.67. The zero-order valence-electron chi connectivity index (χ0n) is 12.5. The van der Waals surface area contributed by atoms with Gasteiger partial charge in [0.25, 0.3) is 0 Å². The average molecular weight is 274 g/mol. The van der Waals surface area contributed by atoms with Crippen molar-refractivity contribution in [1.29, 1.82) is 0 Å². The third kappa shape index (κ3) is 2.69. The molecule has 0 saturated carbocycles. The predicted octanol–water partition coefficient (Wildman–Crippen LogP) is 1.92. The highest BCUT2D eigenvalue weighted by Crippen LogP contribution is 2.23. The van der Waals surface area contributed by atoms with Gasteiger partial charge in [-0.3, -0.25) is 9.59 Å². The summed E-state index contributed by atoms with van der Waals surface area (Å²) >= 11 is 0. The fourth-order valence-electron chi connectivity index (χ4n) is 2.57. The van der Waals surface area contributed by atoms with E-state index in [2.05, 4.69) is 24.4 Å². The third-order valence-corrected chi connectivity index (χ3v) is 3.92. The van der Waals surface area contributed by atoms with Crippen LogP contribution in [0.15, 0.2) is 30.3 Å². The average Bonchev–Trinajstić information content (AvgIpc) is 2.42. The highest BCUT2D eigenvalue weighted by molar-refractivity contribution is 5.99. The summed E-state index contributed by atoms with van der Waals surface area (Å²) in [4.78, 5) is 26.2. The van der Waals surface area contributed by atoms with Crippen LogP contribution in [0.4, 0.5) is 0 Å². The number of benzene rings is 1. The minimum atomic E-state index is -0.819. The molecule has 1 N–H and O–H groups in total. The van der Waals surface area contributed by atoms with Crippen molar-refractivity contribution in [3.63, 3.8) is 0 Å². The molecule has 108 valence electrons. The quantitative estimate of drug-likeness (QED) is 0.915. The van der Waals surface area contributed by atoms with Crippen LogP contribution in [0.25, 0.3) is 0 Å². The van der Waals surface area contributed by atoms with Gasteiger partial charge >= 0.3 is 0 Å². The second-order valence-electron chi connectivity index (χ2n) is 6.06. The minimum Gasteiger partial charge on any atom is -0.340 e. The Kier molecular flexibility index (Phi) is 3.84. The van der Waals surface area contributed by atoms with E-state index in [1.807, 2.05) is 18.2 Å². The van der Waals surface area contributed by atoms with Gasteiger partial charge in [-0.05, 0) is 32.3 Å². The third-order valence-electron chi connectivity index (χ3n) is 3.92. The van der Waals surface area contributed by atoms with E-state index in [0.29, 0.717) is 6.54 Å². The predicted molar refractivity (Wildman–Crippen MR) is 78.3 cm³/mol. The first kappa shape index (κ1) is 14.6. The zero-order chi connectivity index (χ0) is 14.9. The second kappa shape index (κ2) is 5.27. The highest BCUT2D eigenvalue weighted by Gasteiger charge is 2.43. The number of hydrogen-bond acceptors (Lipinski definition) is 2. The van der Waals surface area contributed by atoms with E-state index >= 15 is 0 Å². The number of rotatable bonds is 3. The number of amides is 2. The number of nitrogens with one attached hydrogen (secondary N) is 1. The first-order valence-electron chi connectivity index (χ1n) is 7.01. The first-order chi connectivity index (χ1) is 9.33. The zero-order valence-corrected chi connectivity index (χ0v) is 12.5. The summed E-state index contributed by atoms with van der Waals surface area (Å²) in [6.45, 7) is 7.91. The molecule has 4 heteroatoms. The van der Waals surface area contributed by atoms with Crippen LogP contribution in [0.1, 0.15) is 39.2 Å². The second-order valence-corrected chi connectivity index (χ2v) is 6.06. The smallest absolute Gasteiger partial charge is 0.248 e. The molecule has 2 amide bonds. The number of carbonyl (C=O) groups is 2. The number of carbonyl (C=O) groups excluding carboxylic acids is 2. The molecule has 0 aromatic heterocycles. The standard InChI is InChI=1S/C16H22N2O2/c1-11(13-8-6-5-7-9-13)10-18-12(2)14(19)17-16(3,4)15(18)20/h5-9,11-12H,10H2,1-4H3,(H,17,19). The van der Waals surface area contributed by atoms with Crippen LogP contribution < -0.4 is 5.32 Å². The molecule has 1 aromatic carbocycles. The lowest BCUT2D eigenvalue weighted by Gasteiger charge is -2.42. The number of hydrogen-bond donors (Lipinski definition) is 1. The van der Waals surface area contributed by atoms with Gasteiger partial charge in [0, 0.05) is 6.54 Å². The summed E-state index contributed by atoms with van der Waals surface area (Å²) in [5.74, 6) is 0.0894. The Morgan fingerprint density at radius 3 is 2.45 bits per heavy atom. The van der Waals surface area contributed by atoms with Crippen LogP contribution in [0.5, 0.6) is 0 Å². The van der Waals surface area contributed by atoms with Gasteiger partial charge in [0.15, 0.2) is 0 Å². The molecule has 1 aliphatic rings. The molecule has 2 atom stereocenters. The summed E-state index contributed by atoms with van der Waals surface area (Å²) in [7, 11) is 0. The van der Waals surface area contributed by atoms with Crippen LogP contribution in [0.2, 0.25) is 0 Å². The van der Waals surface area contributed by atoms with E-state index in [4.69, 9.17) is 0 Å². The van der Waals surface area contributed by atoms with Crippen molar-refractivity contribution in [2.45, 2.75) is 45.2 Å². The van der Waals surface area contributed by atoms with Crippen molar-refractivity contribution in [3.8, 4) is 0 Å². The summed E-state index contributed by atoms with van der Waals surface area (Å²) in [6, 6.07) is 9.64. The number of nitrogens with zero attached hydrogens (tertiary/aromatic N) is 1. The maximum absolute atomic E-state index is 12.5. The molecule has 0 radical (unpaired) electrons. The van der Waals surface area contributed by atoms with Gasteiger partial charge in [0.1, 0.15) is 11.6 Å². The molecule has 4 nitrogen and oxygen atoms in total. The highest BCUT2D eigenvalue weighted by atomic mass is 16.2. The Morgan fingerprint density at radius 1 is 1.25 bits per heavy atom. The molecule has 0 bridgehead atoms.